The zero-order valence-electron chi connectivity index (χ0n) is 18.4. The van der Waals surface area contributed by atoms with Gasteiger partial charge in [-0.2, -0.15) is 0 Å². The molecule has 3 aromatic carbocycles. The molecule has 3 nitrogen and oxygen atoms in total. The molecule has 1 fully saturated rings. The number of pyridine rings is 1. The maximum atomic E-state index is 13.9. The Morgan fingerprint density at radius 1 is 1.06 bits per heavy atom. The van der Waals surface area contributed by atoms with Gasteiger partial charge < -0.3 is 5.32 Å². The Morgan fingerprint density at radius 2 is 1.82 bits per heavy atom. The van der Waals surface area contributed by atoms with Crippen molar-refractivity contribution in [3.63, 3.8) is 0 Å². The third-order valence-corrected chi connectivity index (χ3v) is 7.00. The lowest BCUT2D eigenvalue weighted by molar-refractivity contribution is -0.121. The smallest absolute Gasteiger partial charge is 0.224 e. The van der Waals surface area contributed by atoms with Gasteiger partial charge in [0.05, 0.1) is 23.7 Å². The molecule has 1 aliphatic carbocycles. The second-order valence-corrected chi connectivity index (χ2v) is 9.29. The van der Waals surface area contributed by atoms with Crippen LogP contribution in [0.2, 0.25) is 0 Å². The number of para-hydroxylation sites is 1. The maximum Gasteiger partial charge on any atom is 0.224 e. The van der Waals surface area contributed by atoms with Crippen LogP contribution in [0.15, 0.2) is 83.8 Å². The molecule has 1 aliphatic rings. The van der Waals surface area contributed by atoms with Crippen molar-refractivity contribution in [2.75, 3.05) is 6.26 Å². The van der Waals surface area contributed by atoms with Gasteiger partial charge in [0.1, 0.15) is 5.82 Å². The van der Waals surface area contributed by atoms with E-state index in [0.29, 0.717) is 5.92 Å². The van der Waals surface area contributed by atoms with Crippen molar-refractivity contribution in [2.24, 2.45) is 5.92 Å². The highest BCUT2D eigenvalue weighted by Crippen LogP contribution is 2.41. The van der Waals surface area contributed by atoms with Crippen molar-refractivity contribution in [2.45, 2.75) is 30.2 Å². The van der Waals surface area contributed by atoms with Gasteiger partial charge in [0.2, 0.25) is 5.91 Å². The summed E-state index contributed by atoms with van der Waals surface area (Å²) < 4.78 is 13.9. The van der Waals surface area contributed by atoms with Gasteiger partial charge in [-0.05, 0) is 54.3 Å². The Morgan fingerprint density at radius 3 is 2.55 bits per heavy atom. The predicted molar refractivity (Wildman–Crippen MR) is 133 cm³/mol. The first-order valence-electron chi connectivity index (χ1n) is 11.2. The standard InChI is InChI=1S/C28H25FN2OS/c1-33-28-23(17-25(32)31-26(19-14-15-19)20-10-7-11-21(29)16-20)22-12-5-6-13-24(22)30-27(28)18-8-3-2-4-9-18/h2-13,16,19,26H,14-15,17H2,1H3,(H,31,32). The van der Waals surface area contributed by atoms with Crippen molar-refractivity contribution >= 4 is 28.6 Å². The van der Waals surface area contributed by atoms with Crippen LogP contribution in [0.4, 0.5) is 4.39 Å². The summed E-state index contributed by atoms with van der Waals surface area (Å²) in [5.41, 5.74) is 4.62. The molecule has 1 amide bonds. The Hall–Kier alpha value is -3.18. The van der Waals surface area contributed by atoms with E-state index < -0.39 is 0 Å². The van der Waals surface area contributed by atoms with E-state index in [1.165, 1.54) is 12.1 Å². The molecule has 5 rings (SSSR count). The highest BCUT2D eigenvalue weighted by Gasteiger charge is 2.34. The van der Waals surface area contributed by atoms with Gasteiger partial charge in [0.15, 0.2) is 0 Å². The molecule has 1 saturated carbocycles. The monoisotopic (exact) mass is 456 g/mol. The van der Waals surface area contributed by atoms with E-state index in [1.807, 2.05) is 66.9 Å². The van der Waals surface area contributed by atoms with Crippen molar-refractivity contribution in [3.05, 3.63) is 95.8 Å². The van der Waals surface area contributed by atoms with Gasteiger partial charge in [-0.15, -0.1) is 11.8 Å². The second-order valence-electron chi connectivity index (χ2n) is 8.47. The summed E-state index contributed by atoms with van der Waals surface area (Å²) in [7, 11) is 0. The van der Waals surface area contributed by atoms with Crippen LogP contribution in [0.3, 0.4) is 0 Å². The third-order valence-electron chi connectivity index (χ3n) is 6.16. The van der Waals surface area contributed by atoms with Gasteiger partial charge in [-0.3, -0.25) is 4.79 Å². The number of halogens is 1. The van der Waals surface area contributed by atoms with E-state index in [9.17, 15) is 9.18 Å². The van der Waals surface area contributed by atoms with E-state index in [2.05, 4.69) is 5.32 Å². The Bertz CT molecular complexity index is 1300. The number of thioether (sulfide) groups is 1. The minimum Gasteiger partial charge on any atom is -0.349 e. The molecule has 0 aliphatic heterocycles. The molecule has 4 aromatic rings. The van der Waals surface area contributed by atoms with Crippen LogP contribution in [0, 0.1) is 11.7 Å². The fourth-order valence-corrected chi connectivity index (χ4v) is 5.22. The average Bonchev–Trinajstić information content (AvgIpc) is 3.68. The molecule has 5 heteroatoms. The van der Waals surface area contributed by atoms with Crippen molar-refractivity contribution in [1.82, 2.24) is 10.3 Å². The lowest BCUT2D eigenvalue weighted by atomic mass is 9.99. The molecule has 1 atom stereocenters. The molecular formula is C28H25FN2OS. The molecule has 0 spiro atoms. The van der Waals surface area contributed by atoms with Crippen LogP contribution < -0.4 is 5.32 Å². The summed E-state index contributed by atoms with van der Waals surface area (Å²) in [5, 5.41) is 4.20. The number of hydrogen-bond acceptors (Lipinski definition) is 3. The largest absolute Gasteiger partial charge is 0.349 e. The van der Waals surface area contributed by atoms with Gasteiger partial charge in [-0.25, -0.2) is 9.37 Å². The van der Waals surface area contributed by atoms with E-state index in [4.69, 9.17) is 4.98 Å². The quantitative estimate of drug-likeness (QED) is 0.320. The van der Waals surface area contributed by atoms with E-state index in [0.717, 1.165) is 51.0 Å². The number of nitrogens with one attached hydrogen (secondary N) is 1. The van der Waals surface area contributed by atoms with Crippen molar-refractivity contribution in [3.8, 4) is 11.3 Å². The van der Waals surface area contributed by atoms with Crippen LogP contribution in [0.25, 0.3) is 22.2 Å². The summed E-state index contributed by atoms with van der Waals surface area (Å²) in [4.78, 5) is 19.3. The maximum absolute atomic E-state index is 13.9. The lowest BCUT2D eigenvalue weighted by Crippen LogP contribution is -2.31. The summed E-state index contributed by atoms with van der Waals surface area (Å²) in [6, 6.07) is 24.5. The lowest BCUT2D eigenvalue weighted by Gasteiger charge is -2.21. The summed E-state index contributed by atoms with van der Waals surface area (Å²) in [5.74, 6) is 0.0383. The number of fused-ring (bicyclic) bond motifs is 1. The van der Waals surface area contributed by atoms with Gasteiger partial charge in [0.25, 0.3) is 0 Å². The molecule has 166 valence electrons. The van der Waals surface area contributed by atoms with Crippen molar-refractivity contribution in [1.29, 1.82) is 0 Å². The number of benzene rings is 3. The van der Waals surface area contributed by atoms with Gasteiger partial charge in [0, 0.05) is 15.8 Å². The number of carbonyl (C=O) groups excluding carboxylic acids is 1. The molecule has 0 bridgehead atoms. The SMILES string of the molecule is CSc1c(-c2ccccc2)nc2ccccc2c1CC(=O)NC(c1cccc(F)c1)C1CC1. The third kappa shape index (κ3) is 4.64. The minimum atomic E-state index is -0.273. The molecule has 0 radical (unpaired) electrons. The summed E-state index contributed by atoms with van der Waals surface area (Å²) in [6.07, 6.45) is 4.37. The Labute approximate surface area is 197 Å². The van der Waals surface area contributed by atoms with Gasteiger partial charge >= 0.3 is 0 Å². The molecule has 33 heavy (non-hydrogen) atoms. The molecular weight excluding hydrogens is 431 g/mol. The fraction of sp³-hybridized carbons (Fsp3) is 0.214. The fourth-order valence-electron chi connectivity index (χ4n) is 4.44. The van der Waals surface area contributed by atoms with E-state index in [1.54, 1.807) is 17.8 Å². The molecule has 0 saturated heterocycles. The predicted octanol–water partition coefficient (Wildman–Crippen LogP) is 6.57. The number of aromatic nitrogens is 1. The molecule has 1 heterocycles. The minimum absolute atomic E-state index is 0.0539. The molecule has 1 aromatic heterocycles. The number of nitrogens with zero attached hydrogens (tertiary/aromatic N) is 1. The molecule has 1 unspecified atom stereocenters. The van der Waals surface area contributed by atoms with E-state index in [-0.39, 0.29) is 24.2 Å². The van der Waals surface area contributed by atoms with Crippen LogP contribution >= 0.6 is 11.8 Å². The van der Waals surface area contributed by atoms with Crippen LogP contribution in [0.5, 0.6) is 0 Å². The number of hydrogen-bond donors (Lipinski definition) is 1. The Kier molecular flexibility index (Phi) is 6.14. The first-order chi connectivity index (χ1) is 16.1. The zero-order valence-corrected chi connectivity index (χ0v) is 19.2. The van der Waals surface area contributed by atoms with Crippen LogP contribution in [-0.2, 0) is 11.2 Å². The highest BCUT2D eigenvalue weighted by atomic mass is 32.2. The number of rotatable bonds is 7. The summed E-state index contributed by atoms with van der Waals surface area (Å²) >= 11 is 1.62. The first-order valence-corrected chi connectivity index (χ1v) is 12.4. The number of amides is 1. The zero-order chi connectivity index (χ0) is 22.8. The topological polar surface area (TPSA) is 42.0 Å². The van der Waals surface area contributed by atoms with Gasteiger partial charge in [-0.1, -0.05) is 60.7 Å². The van der Waals surface area contributed by atoms with E-state index >= 15 is 0 Å². The number of carbonyl (C=O) groups is 1. The first kappa shape index (κ1) is 21.7. The summed E-state index contributed by atoms with van der Waals surface area (Å²) in [6.45, 7) is 0. The second kappa shape index (κ2) is 9.36. The average molecular weight is 457 g/mol. The molecule has 1 N–H and O–H groups in total. The van der Waals surface area contributed by atoms with Crippen LogP contribution in [0.1, 0.15) is 30.0 Å². The normalized spacial score (nSPS) is 14.2. The van der Waals surface area contributed by atoms with Crippen LogP contribution in [-0.4, -0.2) is 17.1 Å². The highest BCUT2D eigenvalue weighted by molar-refractivity contribution is 7.98. The Balaban J connectivity index is 1.52. The van der Waals surface area contributed by atoms with Crippen molar-refractivity contribution < 1.29 is 9.18 Å².